The molecular weight excluding hydrogens is 216 g/mol. The number of halogens is 2. The third-order valence-corrected chi connectivity index (χ3v) is 2.14. The van der Waals surface area contributed by atoms with Gasteiger partial charge in [0.2, 0.25) is 0 Å². The summed E-state index contributed by atoms with van der Waals surface area (Å²) in [6.07, 6.45) is 1.42. The second-order valence-electron chi connectivity index (χ2n) is 3.18. The summed E-state index contributed by atoms with van der Waals surface area (Å²) in [5, 5.41) is 0.498. The molecule has 0 spiro atoms. The van der Waals surface area contributed by atoms with Gasteiger partial charge in [0.25, 0.3) is 0 Å². The van der Waals surface area contributed by atoms with Gasteiger partial charge < -0.3 is 16.2 Å². The third-order valence-electron chi connectivity index (χ3n) is 2.14. The van der Waals surface area contributed by atoms with E-state index in [9.17, 15) is 8.78 Å². The molecule has 1 aromatic carbocycles. The molecule has 16 heavy (non-hydrogen) atoms. The summed E-state index contributed by atoms with van der Waals surface area (Å²) in [5.41, 5.74) is 12.5. The average molecular weight is 225 g/mol. The third kappa shape index (κ3) is 1.81. The number of rotatable bonds is 2. The normalized spacial score (nSPS) is 10.9. The van der Waals surface area contributed by atoms with E-state index >= 15 is 0 Å². The Balaban J connectivity index is 2.55. The van der Waals surface area contributed by atoms with E-state index in [1.165, 1.54) is 18.3 Å². The molecule has 0 saturated carbocycles. The lowest BCUT2D eigenvalue weighted by Gasteiger charge is -2.08. The molecule has 6 heteroatoms. The molecule has 4 nitrogen and oxygen atoms in total. The Kier molecular flexibility index (Phi) is 2.47. The number of hydrogen-bond donors (Lipinski definition) is 2. The zero-order valence-corrected chi connectivity index (χ0v) is 8.15. The minimum absolute atomic E-state index is 0.0293. The zero-order valence-electron chi connectivity index (χ0n) is 8.15. The van der Waals surface area contributed by atoms with Gasteiger partial charge in [-0.05, 0) is 18.2 Å². The SMILES string of the molecule is Nc1cnc2ccc(OC(F)F)cc2c1N. The molecule has 1 heterocycles. The molecule has 0 atom stereocenters. The first kappa shape index (κ1) is 10.4. The van der Waals surface area contributed by atoms with Crippen molar-refractivity contribution in [2.75, 3.05) is 11.5 Å². The van der Waals surface area contributed by atoms with Crippen LogP contribution in [0.4, 0.5) is 20.2 Å². The van der Waals surface area contributed by atoms with Crippen molar-refractivity contribution in [1.82, 2.24) is 4.98 Å². The van der Waals surface area contributed by atoms with Gasteiger partial charge in [0, 0.05) is 5.39 Å². The van der Waals surface area contributed by atoms with Gasteiger partial charge in [0.1, 0.15) is 5.75 Å². The molecule has 0 saturated heterocycles. The van der Waals surface area contributed by atoms with Gasteiger partial charge in [-0.25, -0.2) is 0 Å². The fourth-order valence-corrected chi connectivity index (χ4v) is 1.38. The summed E-state index contributed by atoms with van der Waals surface area (Å²) in [4.78, 5) is 4.01. The summed E-state index contributed by atoms with van der Waals surface area (Å²) in [5.74, 6) is 0.0293. The number of fused-ring (bicyclic) bond motifs is 1. The summed E-state index contributed by atoms with van der Waals surface area (Å²) in [6, 6.07) is 4.33. The summed E-state index contributed by atoms with van der Waals surface area (Å²) < 4.78 is 28.3. The fraction of sp³-hybridized carbons (Fsp3) is 0.100. The molecule has 4 N–H and O–H groups in total. The summed E-state index contributed by atoms with van der Waals surface area (Å²) in [6.45, 7) is -2.87. The summed E-state index contributed by atoms with van der Waals surface area (Å²) >= 11 is 0. The monoisotopic (exact) mass is 225 g/mol. The van der Waals surface area contributed by atoms with Gasteiger partial charge >= 0.3 is 6.61 Å². The van der Waals surface area contributed by atoms with Crippen LogP contribution in [-0.4, -0.2) is 11.6 Å². The van der Waals surface area contributed by atoms with Crippen molar-refractivity contribution < 1.29 is 13.5 Å². The molecule has 0 aliphatic carbocycles. The van der Waals surface area contributed by atoms with Crippen LogP contribution in [0.25, 0.3) is 10.9 Å². The molecule has 1 aromatic heterocycles. The highest BCUT2D eigenvalue weighted by atomic mass is 19.3. The molecule has 0 aliphatic rings. The number of nitrogens with two attached hydrogens (primary N) is 2. The number of nitrogens with zero attached hydrogens (tertiary/aromatic N) is 1. The van der Waals surface area contributed by atoms with Gasteiger partial charge in [-0.3, -0.25) is 4.98 Å². The maximum absolute atomic E-state index is 12.0. The topological polar surface area (TPSA) is 74.2 Å². The molecule has 0 radical (unpaired) electrons. The number of anilines is 2. The molecule has 0 amide bonds. The number of hydrogen-bond acceptors (Lipinski definition) is 4. The van der Waals surface area contributed by atoms with E-state index in [0.717, 1.165) is 0 Å². The first-order chi connectivity index (χ1) is 7.58. The quantitative estimate of drug-likeness (QED) is 0.819. The van der Waals surface area contributed by atoms with E-state index in [1.807, 2.05) is 0 Å². The lowest BCUT2D eigenvalue weighted by Crippen LogP contribution is -2.02. The van der Waals surface area contributed by atoms with Crippen LogP contribution in [0, 0.1) is 0 Å². The van der Waals surface area contributed by atoms with Crippen LogP contribution >= 0.6 is 0 Å². The van der Waals surface area contributed by atoms with Gasteiger partial charge in [-0.2, -0.15) is 8.78 Å². The maximum Gasteiger partial charge on any atom is 0.387 e. The van der Waals surface area contributed by atoms with Gasteiger partial charge in [0.15, 0.2) is 0 Å². The number of aromatic nitrogens is 1. The van der Waals surface area contributed by atoms with E-state index in [0.29, 0.717) is 22.3 Å². The molecule has 0 aliphatic heterocycles. The highest BCUT2D eigenvalue weighted by molar-refractivity contribution is 5.96. The molecule has 0 fully saturated rings. The average Bonchev–Trinajstić information content (AvgIpc) is 2.23. The van der Waals surface area contributed by atoms with Crippen LogP contribution in [0.15, 0.2) is 24.4 Å². The smallest absolute Gasteiger partial charge is 0.387 e. The molecule has 84 valence electrons. The number of ether oxygens (including phenoxy) is 1. The van der Waals surface area contributed by atoms with Crippen molar-refractivity contribution in [2.24, 2.45) is 0 Å². The second kappa shape index (κ2) is 3.80. The molecule has 2 rings (SSSR count). The van der Waals surface area contributed by atoms with Crippen LogP contribution in [0.5, 0.6) is 5.75 Å². The largest absolute Gasteiger partial charge is 0.435 e. The van der Waals surface area contributed by atoms with Gasteiger partial charge in [-0.1, -0.05) is 0 Å². The van der Waals surface area contributed by atoms with Crippen LogP contribution in [0.1, 0.15) is 0 Å². The summed E-state index contributed by atoms with van der Waals surface area (Å²) in [7, 11) is 0. The lowest BCUT2D eigenvalue weighted by molar-refractivity contribution is -0.0497. The van der Waals surface area contributed by atoms with E-state index in [1.54, 1.807) is 6.07 Å². The minimum atomic E-state index is -2.87. The Hall–Kier alpha value is -2.11. The van der Waals surface area contributed by atoms with E-state index in [2.05, 4.69) is 9.72 Å². The number of alkyl halides is 2. The number of pyridine rings is 1. The van der Waals surface area contributed by atoms with Crippen molar-refractivity contribution in [3.8, 4) is 5.75 Å². The minimum Gasteiger partial charge on any atom is -0.435 e. The molecular formula is C10H9F2N3O. The van der Waals surface area contributed by atoms with Gasteiger partial charge in [0.05, 0.1) is 23.1 Å². The highest BCUT2D eigenvalue weighted by Gasteiger charge is 2.08. The van der Waals surface area contributed by atoms with Crippen molar-refractivity contribution in [1.29, 1.82) is 0 Å². The van der Waals surface area contributed by atoms with Crippen LogP contribution in [0.2, 0.25) is 0 Å². The van der Waals surface area contributed by atoms with Crippen LogP contribution in [-0.2, 0) is 0 Å². The second-order valence-corrected chi connectivity index (χ2v) is 3.18. The predicted octanol–water partition coefficient (Wildman–Crippen LogP) is 2.00. The van der Waals surface area contributed by atoms with Crippen LogP contribution in [0.3, 0.4) is 0 Å². The first-order valence-corrected chi connectivity index (χ1v) is 4.46. The standard InChI is InChI=1S/C10H9F2N3O/c11-10(12)16-5-1-2-8-6(3-5)9(14)7(13)4-15-8/h1-4,10H,13H2,(H2,14,15). The Bertz CT molecular complexity index is 531. The van der Waals surface area contributed by atoms with Crippen molar-refractivity contribution >= 4 is 22.3 Å². The van der Waals surface area contributed by atoms with Gasteiger partial charge in [-0.15, -0.1) is 0 Å². The number of nitrogen functional groups attached to an aromatic ring is 2. The van der Waals surface area contributed by atoms with Crippen molar-refractivity contribution in [3.05, 3.63) is 24.4 Å². The number of benzene rings is 1. The molecule has 0 bridgehead atoms. The Morgan fingerprint density at radius 2 is 2.00 bits per heavy atom. The van der Waals surface area contributed by atoms with E-state index in [-0.39, 0.29) is 5.75 Å². The first-order valence-electron chi connectivity index (χ1n) is 4.46. The highest BCUT2D eigenvalue weighted by Crippen LogP contribution is 2.28. The predicted molar refractivity (Wildman–Crippen MR) is 57.2 cm³/mol. The van der Waals surface area contributed by atoms with Crippen molar-refractivity contribution in [2.45, 2.75) is 6.61 Å². The van der Waals surface area contributed by atoms with E-state index in [4.69, 9.17) is 11.5 Å². The Morgan fingerprint density at radius 3 is 2.69 bits per heavy atom. The van der Waals surface area contributed by atoms with Crippen molar-refractivity contribution in [3.63, 3.8) is 0 Å². The maximum atomic E-state index is 12.0. The Morgan fingerprint density at radius 1 is 1.25 bits per heavy atom. The molecule has 0 unspecified atom stereocenters. The lowest BCUT2D eigenvalue weighted by atomic mass is 10.1. The Labute approximate surface area is 89.8 Å². The van der Waals surface area contributed by atoms with E-state index < -0.39 is 6.61 Å². The zero-order chi connectivity index (χ0) is 11.7. The van der Waals surface area contributed by atoms with Crippen LogP contribution < -0.4 is 16.2 Å². The molecule has 2 aromatic rings. The fourth-order valence-electron chi connectivity index (χ4n) is 1.38.